The van der Waals surface area contributed by atoms with Crippen LogP contribution in [-0.4, -0.2) is 54.1 Å². The number of urea groups is 1. The summed E-state index contributed by atoms with van der Waals surface area (Å²) in [5, 5.41) is 13.1. The fourth-order valence-electron chi connectivity index (χ4n) is 3.27. The van der Waals surface area contributed by atoms with Gasteiger partial charge in [0.15, 0.2) is 0 Å². The highest BCUT2D eigenvalue weighted by molar-refractivity contribution is 7.89. The van der Waals surface area contributed by atoms with E-state index in [9.17, 15) is 27.5 Å². The summed E-state index contributed by atoms with van der Waals surface area (Å²) in [4.78, 5) is 24.4. The predicted octanol–water partition coefficient (Wildman–Crippen LogP) is 3.54. The number of rotatable bonds is 6. The van der Waals surface area contributed by atoms with Crippen molar-refractivity contribution in [3.8, 4) is 0 Å². The number of halogens is 3. The number of nitrogens with one attached hydrogen (secondary N) is 1. The van der Waals surface area contributed by atoms with Crippen LogP contribution in [0.1, 0.15) is 18.4 Å². The lowest BCUT2D eigenvalue weighted by Crippen LogP contribution is -2.58. The summed E-state index contributed by atoms with van der Waals surface area (Å²) in [5.74, 6) is -1.78. The fourth-order valence-corrected chi connectivity index (χ4v) is 5.51. The maximum absolute atomic E-state index is 13.2. The van der Waals surface area contributed by atoms with Gasteiger partial charge in [-0.1, -0.05) is 35.3 Å². The number of carboxylic acid groups (broad SMARTS) is 1. The topological polar surface area (TPSA) is 107 Å². The van der Waals surface area contributed by atoms with Gasteiger partial charge in [-0.3, -0.25) is 0 Å². The molecule has 1 heterocycles. The number of hydrogen-bond acceptors (Lipinski definition) is 4. The van der Waals surface area contributed by atoms with Gasteiger partial charge in [0.2, 0.25) is 0 Å². The Hall–Kier alpha value is -2.40. The molecule has 8 nitrogen and oxygen atoms in total. The van der Waals surface area contributed by atoms with E-state index >= 15 is 0 Å². The van der Waals surface area contributed by atoms with Crippen molar-refractivity contribution in [2.45, 2.75) is 30.2 Å². The van der Waals surface area contributed by atoms with Gasteiger partial charge in [0.25, 0.3) is 10.0 Å². The van der Waals surface area contributed by atoms with Crippen LogP contribution in [0.3, 0.4) is 0 Å². The smallest absolute Gasteiger partial charge is 0.333 e. The van der Waals surface area contributed by atoms with Crippen molar-refractivity contribution in [2.24, 2.45) is 0 Å². The van der Waals surface area contributed by atoms with Gasteiger partial charge in [-0.2, -0.15) is 0 Å². The standard InChI is InChI=1S/C20H20Cl2FN3O5S/c21-14-10-15(22)12-17(11-14)32(30,31)26-8-2-1-7-25(26)20(29)24-18(19(27)28)9-13-3-5-16(23)6-4-13/h3-6,10-12,18H,1-2,7-9H2,(H,24,29)(H,27,28)/t18-/m1/s1. The fraction of sp³-hybridized carbons (Fsp3) is 0.300. The third-order valence-electron chi connectivity index (χ3n) is 4.83. The van der Waals surface area contributed by atoms with E-state index in [0.29, 0.717) is 18.4 Å². The summed E-state index contributed by atoms with van der Waals surface area (Å²) in [7, 11) is -4.18. The molecule has 0 aromatic heterocycles. The Balaban J connectivity index is 1.82. The summed E-state index contributed by atoms with van der Waals surface area (Å²) >= 11 is 11.9. The molecule has 2 aromatic rings. The predicted molar refractivity (Wildman–Crippen MR) is 116 cm³/mol. The average Bonchev–Trinajstić information content (AvgIpc) is 2.74. The van der Waals surface area contributed by atoms with Crippen molar-refractivity contribution in [3.05, 3.63) is 63.9 Å². The molecule has 1 aliphatic heterocycles. The second-order valence-electron chi connectivity index (χ2n) is 7.16. The highest BCUT2D eigenvalue weighted by atomic mass is 35.5. The van der Waals surface area contributed by atoms with E-state index in [1.165, 1.54) is 42.5 Å². The SMILES string of the molecule is O=C(O)[C@@H](Cc1ccc(F)cc1)NC(=O)N1CCCCN1S(=O)(=O)c1cc(Cl)cc(Cl)c1. The van der Waals surface area contributed by atoms with Crippen LogP contribution in [0.15, 0.2) is 47.4 Å². The van der Waals surface area contributed by atoms with E-state index in [1.807, 2.05) is 0 Å². The van der Waals surface area contributed by atoms with E-state index in [1.54, 1.807) is 0 Å². The van der Waals surface area contributed by atoms with Crippen molar-refractivity contribution >= 4 is 45.2 Å². The Kier molecular flexibility index (Phi) is 7.60. The van der Waals surface area contributed by atoms with Crippen molar-refractivity contribution < 1.29 is 27.5 Å². The molecular weight excluding hydrogens is 484 g/mol. The van der Waals surface area contributed by atoms with E-state index < -0.39 is 33.9 Å². The van der Waals surface area contributed by atoms with Crippen LogP contribution in [0.4, 0.5) is 9.18 Å². The molecular formula is C20H20Cl2FN3O5S. The molecule has 0 aliphatic carbocycles. The molecule has 0 unspecified atom stereocenters. The number of hydrogen-bond donors (Lipinski definition) is 2. The number of aliphatic carboxylic acids is 1. The minimum atomic E-state index is -4.18. The first-order valence-corrected chi connectivity index (χ1v) is 11.8. The number of sulfonamides is 1. The number of benzene rings is 2. The van der Waals surface area contributed by atoms with Gasteiger partial charge in [0.1, 0.15) is 11.9 Å². The van der Waals surface area contributed by atoms with E-state index in [0.717, 1.165) is 9.42 Å². The molecule has 172 valence electrons. The summed E-state index contributed by atoms with van der Waals surface area (Å²) in [6.45, 7) is 0.0951. The molecule has 1 atom stereocenters. The maximum atomic E-state index is 13.2. The highest BCUT2D eigenvalue weighted by Gasteiger charge is 2.36. The van der Waals surface area contributed by atoms with Crippen LogP contribution in [0.25, 0.3) is 0 Å². The molecule has 1 saturated heterocycles. The molecule has 2 aromatic carbocycles. The minimum absolute atomic E-state index is 0.0234. The first kappa shape index (κ1) is 24.2. The molecule has 1 aliphatic rings. The Bertz CT molecular complexity index is 1090. The zero-order valence-electron chi connectivity index (χ0n) is 16.7. The molecule has 0 saturated carbocycles. The summed E-state index contributed by atoms with van der Waals surface area (Å²) in [6, 6.07) is 6.81. The summed E-state index contributed by atoms with van der Waals surface area (Å²) in [6.07, 6.45) is 0.937. The van der Waals surface area contributed by atoms with Crippen LogP contribution in [0.5, 0.6) is 0 Å². The van der Waals surface area contributed by atoms with Crippen molar-refractivity contribution in [1.29, 1.82) is 0 Å². The van der Waals surface area contributed by atoms with E-state index in [4.69, 9.17) is 23.2 Å². The Morgan fingerprint density at radius 1 is 1.06 bits per heavy atom. The van der Waals surface area contributed by atoms with Crippen LogP contribution in [-0.2, 0) is 21.2 Å². The molecule has 2 amide bonds. The monoisotopic (exact) mass is 503 g/mol. The lowest BCUT2D eigenvalue weighted by atomic mass is 10.1. The number of carbonyl (C=O) groups excluding carboxylic acids is 1. The van der Waals surface area contributed by atoms with Gasteiger partial charge in [-0.15, -0.1) is 4.41 Å². The quantitative estimate of drug-likeness (QED) is 0.626. The van der Waals surface area contributed by atoms with Gasteiger partial charge in [-0.25, -0.2) is 27.4 Å². The first-order chi connectivity index (χ1) is 15.1. The Morgan fingerprint density at radius 3 is 2.25 bits per heavy atom. The number of carboxylic acids is 1. The third-order valence-corrected chi connectivity index (χ3v) is 7.04. The minimum Gasteiger partial charge on any atom is -0.480 e. The van der Waals surface area contributed by atoms with Crippen LogP contribution >= 0.6 is 23.2 Å². The number of carbonyl (C=O) groups is 2. The van der Waals surface area contributed by atoms with Crippen LogP contribution in [0, 0.1) is 5.82 Å². The first-order valence-electron chi connectivity index (χ1n) is 9.62. The second-order valence-corrected chi connectivity index (χ2v) is 9.87. The van der Waals surface area contributed by atoms with Gasteiger partial charge in [-0.05, 0) is 48.7 Å². The Morgan fingerprint density at radius 2 is 1.66 bits per heavy atom. The van der Waals surface area contributed by atoms with Crippen LogP contribution < -0.4 is 5.32 Å². The normalized spacial score (nSPS) is 15.9. The zero-order chi connectivity index (χ0) is 23.5. The molecule has 0 spiro atoms. The largest absolute Gasteiger partial charge is 0.480 e. The molecule has 2 N–H and O–H groups in total. The lowest BCUT2D eigenvalue weighted by Gasteiger charge is -2.37. The van der Waals surface area contributed by atoms with Gasteiger partial charge in [0, 0.05) is 29.6 Å². The maximum Gasteiger partial charge on any atom is 0.333 e. The molecule has 0 bridgehead atoms. The number of hydrazine groups is 1. The van der Waals surface area contributed by atoms with E-state index in [2.05, 4.69) is 5.32 Å². The molecule has 3 rings (SSSR count). The zero-order valence-corrected chi connectivity index (χ0v) is 19.0. The molecule has 0 radical (unpaired) electrons. The van der Waals surface area contributed by atoms with Crippen molar-refractivity contribution in [2.75, 3.05) is 13.1 Å². The molecule has 12 heteroatoms. The third kappa shape index (κ3) is 5.69. The lowest BCUT2D eigenvalue weighted by molar-refractivity contribution is -0.139. The highest BCUT2D eigenvalue weighted by Crippen LogP contribution is 2.27. The van der Waals surface area contributed by atoms with E-state index in [-0.39, 0.29) is 34.5 Å². The average molecular weight is 504 g/mol. The van der Waals surface area contributed by atoms with Crippen molar-refractivity contribution in [3.63, 3.8) is 0 Å². The second kappa shape index (κ2) is 10.0. The molecule has 32 heavy (non-hydrogen) atoms. The van der Waals surface area contributed by atoms with Gasteiger partial charge in [0.05, 0.1) is 4.90 Å². The van der Waals surface area contributed by atoms with Crippen molar-refractivity contribution in [1.82, 2.24) is 14.7 Å². The summed E-state index contributed by atoms with van der Waals surface area (Å²) in [5.41, 5.74) is 0.496. The summed E-state index contributed by atoms with van der Waals surface area (Å²) < 4.78 is 40.4. The number of amides is 2. The van der Waals surface area contributed by atoms with Gasteiger partial charge < -0.3 is 10.4 Å². The van der Waals surface area contributed by atoms with Gasteiger partial charge >= 0.3 is 12.0 Å². The van der Waals surface area contributed by atoms with Crippen LogP contribution in [0.2, 0.25) is 10.0 Å². The number of nitrogens with zero attached hydrogens (tertiary/aromatic N) is 2. The molecule has 1 fully saturated rings. The Labute approximate surface area is 194 Å².